The molecule has 2 aliphatic heterocycles. The number of aromatic nitrogens is 2. The van der Waals surface area contributed by atoms with Crippen LogP contribution in [0.2, 0.25) is 0 Å². The molecule has 0 bridgehead atoms. The van der Waals surface area contributed by atoms with Gasteiger partial charge < -0.3 is 15.1 Å². The molecule has 4 N–H and O–H groups in total. The molecule has 3 heterocycles. The SMILES string of the molecule is NNc1ncc(F)c(N2CCN3C(=O)NCC3C2)n1. The Hall–Kier alpha value is -2.16. The minimum Gasteiger partial charge on any atom is -0.350 e. The number of anilines is 2. The van der Waals surface area contributed by atoms with Crippen LogP contribution in [0.3, 0.4) is 0 Å². The number of urea groups is 1. The first-order chi connectivity index (χ1) is 9.19. The highest BCUT2D eigenvalue weighted by atomic mass is 19.1. The van der Waals surface area contributed by atoms with Crippen LogP contribution in [0, 0.1) is 5.82 Å². The monoisotopic (exact) mass is 267 g/mol. The topological polar surface area (TPSA) is 99.4 Å². The zero-order valence-electron chi connectivity index (χ0n) is 10.1. The summed E-state index contributed by atoms with van der Waals surface area (Å²) in [4.78, 5) is 22.8. The van der Waals surface area contributed by atoms with E-state index in [4.69, 9.17) is 5.84 Å². The molecule has 9 heteroatoms. The number of hydrazine groups is 1. The van der Waals surface area contributed by atoms with Crippen molar-refractivity contribution < 1.29 is 9.18 Å². The summed E-state index contributed by atoms with van der Waals surface area (Å²) >= 11 is 0. The van der Waals surface area contributed by atoms with E-state index < -0.39 is 5.82 Å². The van der Waals surface area contributed by atoms with Gasteiger partial charge in [0.1, 0.15) is 0 Å². The van der Waals surface area contributed by atoms with Crippen molar-refractivity contribution in [1.29, 1.82) is 0 Å². The second kappa shape index (κ2) is 4.50. The van der Waals surface area contributed by atoms with Gasteiger partial charge in [-0.2, -0.15) is 4.98 Å². The highest BCUT2D eigenvalue weighted by Gasteiger charge is 2.36. The van der Waals surface area contributed by atoms with E-state index in [0.717, 1.165) is 6.20 Å². The molecule has 19 heavy (non-hydrogen) atoms. The van der Waals surface area contributed by atoms with Gasteiger partial charge in [-0.1, -0.05) is 0 Å². The highest BCUT2D eigenvalue weighted by Crippen LogP contribution is 2.22. The zero-order valence-corrected chi connectivity index (χ0v) is 10.1. The molecule has 1 unspecified atom stereocenters. The van der Waals surface area contributed by atoms with Gasteiger partial charge in [0, 0.05) is 26.2 Å². The van der Waals surface area contributed by atoms with Crippen LogP contribution in [0.4, 0.5) is 21.0 Å². The van der Waals surface area contributed by atoms with Crippen molar-refractivity contribution in [3.05, 3.63) is 12.0 Å². The van der Waals surface area contributed by atoms with Crippen molar-refractivity contribution in [1.82, 2.24) is 20.2 Å². The molecule has 0 saturated carbocycles. The number of hydrogen-bond acceptors (Lipinski definition) is 6. The van der Waals surface area contributed by atoms with E-state index in [1.165, 1.54) is 0 Å². The standard InChI is InChI=1S/C10H14FN7O/c11-7-4-13-9(16-12)15-8(7)17-1-2-18-6(5-17)3-14-10(18)19/h4,6H,1-3,5,12H2,(H,14,19)(H,13,15,16). The Morgan fingerprint density at radius 3 is 3.16 bits per heavy atom. The molecule has 0 aromatic carbocycles. The van der Waals surface area contributed by atoms with Crippen LogP contribution < -0.4 is 21.5 Å². The number of piperazine rings is 1. The van der Waals surface area contributed by atoms with E-state index in [9.17, 15) is 9.18 Å². The molecular weight excluding hydrogens is 253 g/mol. The predicted octanol–water partition coefficient (Wildman–Crippen LogP) is -0.885. The van der Waals surface area contributed by atoms with Gasteiger partial charge in [0.2, 0.25) is 5.95 Å². The van der Waals surface area contributed by atoms with E-state index >= 15 is 0 Å². The Morgan fingerprint density at radius 2 is 2.37 bits per heavy atom. The van der Waals surface area contributed by atoms with Gasteiger partial charge in [0.15, 0.2) is 11.6 Å². The first kappa shape index (κ1) is 11.9. The summed E-state index contributed by atoms with van der Waals surface area (Å²) in [5.74, 6) is 5.10. The van der Waals surface area contributed by atoms with E-state index in [1.807, 2.05) is 0 Å². The molecule has 2 amide bonds. The number of rotatable bonds is 2. The van der Waals surface area contributed by atoms with Gasteiger partial charge >= 0.3 is 6.03 Å². The normalized spacial score (nSPS) is 22.2. The molecule has 0 spiro atoms. The number of carbonyl (C=O) groups excluding carboxylic acids is 1. The van der Waals surface area contributed by atoms with E-state index in [-0.39, 0.29) is 23.8 Å². The van der Waals surface area contributed by atoms with Crippen LogP contribution in [0.25, 0.3) is 0 Å². The van der Waals surface area contributed by atoms with Crippen molar-refractivity contribution in [3.8, 4) is 0 Å². The zero-order chi connectivity index (χ0) is 13.4. The lowest BCUT2D eigenvalue weighted by molar-refractivity contribution is 0.197. The highest BCUT2D eigenvalue weighted by molar-refractivity contribution is 5.77. The lowest BCUT2D eigenvalue weighted by Gasteiger charge is -2.37. The number of hydrogen-bond donors (Lipinski definition) is 3. The van der Waals surface area contributed by atoms with Crippen LogP contribution in [-0.2, 0) is 0 Å². The van der Waals surface area contributed by atoms with Crippen LogP contribution in [0.15, 0.2) is 6.20 Å². The Bertz CT molecular complexity index is 511. The molecule has 1 aromatic rings. The second-order valence-electron chi connectivity index (χ2n) is 4.49. The summed E-state index contributed by atoms with van der Waals surface area (Å²) in [7, 11) is 0. The number of amides is 2. The summed E-state index contributed by atoms with van der Waals surface area (Å²) in [5.41, 5.74) is 2.29. The third-order valence-corrected chi connectivity index (χ3v) is 3.39. The Kier molecular flexibility index (Phi) is 2.82. The Labute approximate surface area is 108 Å². The third-order valence-electron chi connectivity index (χ3n) is 3.39. The van der Waals surface area contributed by atoms with Crippen molar-refractivity contribution in [2.75, 3.05) is 36.5 Å². The third kappa shape index (κ3) is 2.01. The second-order valence-corrected chi connectivity index (χ2v) is 4.49. The van der Waals surface area contributed by atoms with Gasteiger partial charge in [-0.15, -0.1) is 0 Å². The minimum absolute atomic E-state index is 0.0462. The fraction of sp³-hybridized carbons (Fsp3) is 0.500. The van der Waals surface area contributed by atoms with Gasteiger partial charge in [-0.05, 0) is 0 Å². The minimum atomic E-state index is -0.496. The number of nitrogens with zero attached hydrogens (tertiary/aromatic N) is 4. The number of carbonyl (C=O) groups is 1. The maximum Gasteiger partial charge on any atom is 0.317 e. The molecule has 0 aliphatic carbocycles. The average Bonchev–Trinajstić information content (AvgIpc) is 2.80. The van der Waals surface area contributed by atoms with Crippen LogP contribution >= 0.6 is 0 Å². The van der Waals surface area contributed by atoms with Crippen molar-refractivity contribution in [3.63, 3.8) is 0 Å². The number of nitrogen functional groups attached to an aromatic ring is 1. The van der Waals surface area contributed by atoms with Gasteiger partial charge in [0.25, 0.3) is 0 Å². The number of halogens is 1. The molecule has 1 atom stereocenters. The average molecular weight is 267 g/mol. The number of fused-ring (bicyclic) bond motifs is 1. The first-order valence-corrected chi connectivity index (χ1v) is 5.97. The molecule has 3 rings (SSSR count). The predicted molar refractivity (Wildman–Crippen MR) is 65.9 cm³/mol. The maximum absolute atomic E-state index is 13.8. The van der Waals surface area contributed by atoms with Crippen molar-refractivity contribution in [2.45, 2.75) is 6.04 Å². The van der Waals surface area contributed by atoms with E-state index in [2.05, 4.69) is 20.7 Å². The van der Waals surface area contributed by atoms with Gasteiger partial charge in [-0.3, -0.25) is 5.43 Å². The molecule has 102 valence electrons. The van der Waals surface area contributed by atoms with Crippen molar-refractivity contribution >= 4 is 17.8 Å². The molecule has 8 nitrogen and oxygen atoms in total. The number of nitrogens with one attached hydrogen (secondary N) is 2. The smallest absolute Gasteiger partial charge is 0.317 e. The molecule has 1 aromatic heterocycles. The Balaban J connectivity index is 1.82. The van der Waals surface area contributed by atoms with Gasteiger partial charge in [-0.25, -0.2) is 20.0 Å². The van der Waals surface area contributed by atoms with Crippen LogP contribution in [0.5, 0.6) is 0 Å². The summed E-state index contributed by atoms with van der Waals surface area (Å²) in [5, 5.41) is 2.77. The fourth-order valence-corrected chi connectivity index (χ4v) is 2.45. The summed E-state index contributed by atoms with van der Waals surface area (Å²) in [6.45, 7) is 2.19. The Morgan fingerprint density at radius 1 is 1.53 bits per heavy atom. The summed E-state index contributed by atoms with van der Waals surface area (Å²) in [6, 6.07) is -0.0120. The number of nitrogens with two attached hydrogens (primary N) is 1. The maximum atomic E-state index is 13.8. The van der Waals surface area contributed by atoms with Gasteiger partial charge in [0.05, 0.1) is 12.2 Å². The molecular formula is C10H14FN7O. The lowest BCUT2D eigenvalue weighted by Crippen LogP contribution is -2.52. The van der Waals surface area contributed by atoms with Crippen LogP contribution in [0.1, 0.15) is 0 Å². The molecule has 2 saturated heterocycles. The van der Waals surface area contributed by atoms with E-state index in [1.54, 1.807) is 9.80 Å². The summed E-state index contributed by atoms with van der Waals surface area (Å²) < 4.78 is 13.8. The molecule has 0 radical (unpaired) electrons. The molecule has 2 aliphatic rings. The molecule has 2 fully saturated rings. The van der Waals surface area contributed by atoms with Crippen molar-refractivity contribution in [2.24, 2.45) is 5.84 Å². The quantitative estimate of drug-likeness (QED) is 0.475. The summed E-state index contributed by atoms with van der Waals surface area (Å²) in [6.07, 6.45) is 1.09. The fourth-order valence-electron chi connectivity index (χ4n) is 2.45. The largest absolute Gasteiger partial charge is 0.350 e. The first-order valence-electron chi connectivity index (χ1n) is 5.97. The van der Waals surface area contributed by atoms with Crippen LogP contribution in [-0.4, -0.2) is 53.1 Å². The lowest BCUT2D eigenvalue weighted by atomic mass is 10.2. The van der Waals surface area contributed by atoms with E-state index in [0.29, 0.717) is 26.2 Å².